The van der Waals surface area contributed by atoms with E-state index in [9.17, 15) is 14.4 Å². The number of amides is 1. The van der Waals surface area contributed by atoms with Crippen molar-refractivity contribution >= 4 is 35.1 Å². The van der Waals surface area contributed by atoms with Crippen LogP contribution in [0.4, 0.5) is 10.1 Å². The van der Waals surface area contributed by atoms with Gasteiger partial charge in [-0.15, -0.1) is 0 Å². The van der Waals surface area contributed by atoms with Gasteiger partial charge in [0.1, 0.15) is 17.7 Å². The molecular formula is C28H30ClFN2O6. The lowest BCUT2D eigenvalue weighted by Crippen LogP contribution is -2.35. The Morgan fingerprint density at radius 3 is 2.53 bits per heavy atom. The van der Waals surface area contributed by atoms with Crippen LogP contribution in [0.1, 0.15) is 56.9 Å². The average molecular weight is 545 g/mol. The second kappa shape index (κ2) is 12.9. The summed E-state index contributed by atoms with van der Waals surface area (Å²) >= 11 is 6.17. The van der Waals surface area contributed by atoms with Crippen molar-refractivity contribution in [2.24, 2.45) is 0 Å². The van der Waals surface area contributed by atoms with Crippen molar-refractivity contribution in [3.63, 3.8) is 0 Å². The number of aromatic nitrogens is 1. The highest BCUT2D eigenvalue weighted by Crippen LogP contribution is 2.36. The van der Waals surface area contributed by atoms with Gasteiger partial charge in [0.25, 0.3) is 5.91 Å². The van der Waals surface area contributed by atoms with Crippen LogP contribution in [0.25, 0.3) is 0 Å². The van der Waals surface area contributed by atoms with Crippen LogP contribution in [0, 0.1) is 5.82 Å². The molecule has 1 aromatic heterocycles. The SMILES string of the molecule is COC(=O)COc1cc(N(Cc2cccnc2)C(=O)C2=C(C(=O)OC3CCCC3)CCCC2)c(F)cc1Cl. The number of benzene rings is 1. The molecule has 1 aromatic carbocycles. The maximum atomic E-state index is 15.4. The first-order valence-corrected chi connectivity index (χ1v) is 13.1. The highest BCUT2D eigenvalue weighted by molar-refractivity contribution is 6.32. The molecule has 1 saturated carbocycles. The fourth-order valence-corrected chi connectivity index (χ4v) is 4.94. The maximum Gasteiger partial charge on any atom is 0.343 e. The summed E-state index contributed by atoms with van der Waals surface area (Å²) in [7, 11) is 1.21. The topological polar surface area (TPSA) is 95.0 Å². The second-order valence-corrected chi connectivity index (χ2v) is 9.73. The fraction of sp³-hybridized carbons (Fsp3) is 0.429. The van der Waals surface area contributed by atoms with E-state index in [1.165, 1.54) is 18.1 Å². The highest BCUT2D eigenvalue weighted by Gasteiger charge is 2.32. The Bertz CT molecular complexity index is 1210. The van der Waals surface area contributed by atoms with E-state index in [0.717, 1.165) is 44.6 Å². The molecule has 0 aliphatic heterocycles. The zero-order chi connectivity index (χ0) is 27.1. The van der Waals surface area contributed by atoms with Crippen molar-refractivity contribution in [1.29, 1.82) is 0 Å². The van der Waals surface area contributed by atoms with Crippen LogP contribution < -0.4 is 9.64 Å². The number of halogens is 2. The number of carbonyl (C=O) groups is 3. The Morgan fingerprint density at radius 2 is 1.84 bits per heavy atom. The summed E-state index contributed by atoms with van der Waals surface area (Å²) in [4.78, 5) is 44.1. The normalized spacial score (nSPS) is 15.8. The summed E-state index contributed by atoms with van der Waals surface area (Å²) in [6.07, 6.45) is 8.97. The molecule has 2 aromatic rings. The standard InChI is InChI=1S/C28H30ClFN2O6/c1-36-26(33)17-37-25-14-24(23(30)13-22(25)29)32(16-18-7-6-12-31-15-18)27(34)20-10-4-5-11-21(20)28(35)38-19-8-2-3-9-19/h6-7,12-15,19H,2-5,8-11,16-17H2,1H3. The van der Waals surface area contributed by atoms with Gasteiger partial charge in [-0.25, -0.2) is 14.0 Å². The monoisotopic (exact) mass is 544 g/mol. The lowest BCUT2D eigenvalue weighted by molar-refractivity contribution is -0.144. The van der Waals surface area contributed by atoms with Crippen molar-refractivity contribution in [2.75, 3.05) is 18.6 Å². The minimum absolute atomic E-state index is 0.0101. The molecule has 0 atom stereocenters. The highest BCUT2D eigenvalue weighted by atomic mass is 35.5. The van der Waals surface area contributed by atoms with Gasteiger partial charge < -0.3 is 19.1 Å². The number of esters is 2. The van der Waals surface area contributed by atoms with Gasteiger partial charge in [0, 0.05) is 29.6 Å². The summed E-state index contributed by atoms with van der Waals surface area (Å²) in [5, 5.41) is -0.0679. The zero-order valence-electron chi connectivity index (χ0n) is 21.2. The average Bonchev–Trinajstić information content (AvgIpc) is 3.44. The Balaban J connectivity index is 1.72. The van der Waals surface area contributed by atoms with Crippen molar-refractivity contribution < 1.29 is 33.0 Å². The molecule has 4 rings (SSSR count). The van der Waals surface area contributed by atoms with Crippen LogP contribution in [0.2, 0.25) is 5.02 Å². The van der Waals surface area contributed by atoms with E-state index in [0.29, 0.717) is 29.6 Å². The van der Waals surface area contributed by atoms with E-state index >= 15 is 4.39 Å². The molecule has 0 unspecified atom stereocenters. The number of anilines is 1. The minimum atomic E-state index is -0.760. The van der Waals surface area contributed by atoms with Gasteiger partial charge in [-0.1, -0.05) is 17.7 Å². The molecule has 1 fully saturated rings. The van der Waals surface area contributed by atoms with E-state index in [1.54, 1.807) is 24.5 Å². The number of hydrogen-bond acceptors (Lipinski definition) is 7. The molecule has 38 heavy (non-hydrogen) atoms. The van der Waals surface area contributed by atoms with Crippen LogP contribution in [-0.4, -0.2) is 42.7 Å². The number of rotatable bonds is 9. The summed E-state index contributed by atoms with van der Waals surface area (Å²) in [5.74, 6) is -2.37. The predicted molar refractivity (Wildman–Crippen MR) is 138 cm³/mol. The van der Waals surface area contributed by atoms with Gasteiger partial charge in [-0.2, -0.15) is 0 Å². The third-order valence-corrected chi connectivity index (χ3v) is 7.02. The van der Waals surface area contributed by atoms with Crippen molar-refractivity contribution in [2.45, 2.75) is 64.0 Å². The molecular weight excluding hydrogens is 515 g/mol. The third-order valence-electron chi connectivity index (χ3n) is 6.72. The lowest BCUT2D eigenvalue weighted by Gasteiger charge is -2.28. The molecule has 2 aliphatic rings. The zero-order valence-corrected chi connectivity index (χ0v) is 22.0. The first-order chi connectivity index (χ1) is 18.4. The van der Waals surface area contributed by atoms with Gasteiger partial charge in [0.2, 0.25) is 0 Å². The van der Waals surface area contributed by atoms with E-state index in [-0.39, 0.29) is 29.1 Å². The molecule has 202 valence electrons. The molecule has 8 nitrogen and oxygen atoms in total. The number of methoxy groups -OCH3 is 1. The smallest absolute Gasteiger partial charge is 0.343 e. The molecule has 0 saturated heterocycles. The van der Waals surface area contributed by atoms with Gasteiger partial charge in [0.05, 0.1) is 24.4 Å². The van der Waals surface area contributed by atoms with Crippen LogP contribution in [-0.2, 0) is 30.4 Å². The first kappa shape index (κ1) is 27.6. The third kappa shape index (κ3) is 6.69. The van der Waals surface area contributed by atoms with Gasteiger partial charge in [0.15, 0.2) is 6.61 Å². The summed E-state index contributed by atoms with van der Waals surface area (Å²) in [6.45, 7) is -0.462. The van der Waals surface area contributed by atoms with Gasteiger partial charge >= 0.3 is 11.9 Å². The van der Waals surface area contributed by atoms with Crippen LogP contribution in [0.5, 0.6) is 5.75 Å². The maximum absolute atomic E-state index is 15.4. The van der Waals surface area contributed by atoms with Crippen LogP contribution in [0.3, 0.4) is 0 Å². The second-order valence-electron chi connectivity index (χ2n) is 9.33. The Kier molecular flexibility index (Phi) is 9.33. The summed E-state index contributed by atoms with van der Waals surface area (Å²) in [6, 6.07) is 5.78. The quantitative estimate of drug-likeness (QED) is 0.394. The minimum Gasteiger partial charge on any atom is -0.480 e. The first-order valence-electron chi connectivity index (χ1n) is 12.7. The largest absolute Gasteiger partial charge is 0.480 e. The Hall–Kier alpha value is -3.46. The Labute approximate surface area is 225 Å². The van der Waals surface area contributed by atoms with E-state index in [4.69, 9.17) is 21.1 Å². The number of carbonyl (C=O) groups excluding carboxylic acids is 3. The van der Waals surface area contributed by atoms with Crippen molar-refractivity contribution in [1.82, 2.24) is 4.98 Å². The number of hydrogen-bond donors (Lipinski definition) is 0. The predicted octanol–water partition coefficient (Wildman–Crippen LogP) is 5.32. The van der Waals surface area contributed by atoms with Crippen LogP contribution >= 0.6 is 11.6 Å². The molecule has 1 amide bonds. The summed E-state index contributed by atoms with van der Waals surface area (Å²) in [5.41, 5.74) is 1.21. The fourth-order valence-electron chi connectivity index (χ4n) is 4.73. The summed E-state index contributed by atoms with van der Waals surface area (Å²) < 4.78 is 31.1. The van der Waals surface area contributed by atoms with Crippen LogP contribution in [0.15, 0.2) is 47.8 Å². The number of nitrogens with zero attached hydrogens (tertiary/aromatic N) is 2. The van der Waals surface area contributed by atoms with Crippen molar-refractivity contribution in [3.8, 4) is 5.75 Å². The number of pyridine rings is 1. The molecule has 0 N–H and O–H groups in total. The van der Waals surface area contributed by atoms with E-state index in [1.807, 2.05) is 0 Å². The Morgan fingerprint density at radius 1 is 1.11 bits per heavy atom. The molecule has 0 bridgehead atoms. The lowest BCUT2D eigenvalue weighted by atomic mass is 9.90. The molecule has 1 heterocycles. The molecule has 0 spiro atoms. The number of ether oxygens (including phenoxy) is 3. The van der Waals surface area contributed by atoms with Gasteiger partial charge in [-0.05, 0) is 69.1 Å². The van der Waals surface area contributed by atoms with E-state index in [2.05, 4.69) is 9.72 Å². The molecule has 10 heteroatoms. The molecule has 0 radical (unpaired) electrons. The van der Waals surface area contributed by atoms with Crippen molar-refractivity contribution in [3.05, 3.63) is 64.2 Å². The van der Waals surface area contributed by atoms with Gasteiger partial charge in [-0.3, -0.25) is 9.78 Å². The molecule has 2 aliphatic carbocycles. The van der Waals surface area contributed by atoms with E-state index < -0.39 is 30.3 Å².